The normalized spacial score (nSPS) is 23.7. The molecule has 3 atom stereocenters. The Balaban J connectivity index is 1.73. The van der Waals surface area contributed by atoms with Crippen LogP contribution in [0, 0.1) is 5.92 Å². The SMILES string of the molecule is CC(=O)N[C@H]1C[C@H]2CN(C(=O)CCS(=O)(=O)c3ccccc3)[C@@H](CC(C)C)C(=O)N2C1. The molecular formula is C22H31N3O5S. The monoisotopic (exact) mass is 449 g/mol. The minimum atomic E-state index is -3.58. The van der Waals surface area contributed by atoms with Crippen molar-refractivity contribution in [3.05, 3.63) is 30.3 Å². The van der Waals surface area contributed by atoms with E-state index in [1.807, 2.05) is 13.8 Å². The third-order valence-corrected chi connectivity index (χ3v) is 7.61. The van der Waals surface area contributed by atoms with Gasteiger partial charge in [-0.05, 0) is 30.9 Å². The number of carbonyl (C=O) groups is 3. The second-order valence-electron chi connectivity index (χ2n) is 8.85. The first-order valence-electron chi connectivity index (χ1n) is 10.7. The van der Waals surface area contributed by atoms with E-state index in [1.165, 1.54) is 19.1 Å². The molecule has 2 fully saturated rings. The van der Waals surface area contributed by atoms with E-state index < -0.39 is 15.9 Å². The van der Waals surface area contributed by atoms with Crippen LogP contribution >= 0.6 is 0 Å². The van der Waals surface area contributed by atoms with Crippen molar-refractivity contribution in [3.8, 4) is 0 Å². The molecule has 0 aliphatic carbocycles. The molecule has 8 nitrogen and oxygen atoms in total. The molecule has 2 aliphatic heterocycles. The predicted molar refractivity (Wildman–Crippen MR) is 116 cm³/mol. The molecule has 3 rings (SSSR count). The zero-order chi connectivity index (χ0) is 22.8. The zero-order valence-corrected chi connectivity index (χ0v) is 19.1. The van der Waals surface area contributed by atoms with Gasteiger partial charge >= 0.3 is 0 Å². The standard InChI is InChI=1S/C22H31N3O5S/c1-15(2)11-20-22(28)24-13-17(23-16(3)26)12-18(24)14-25(20)21(27)9-10-31(29,30)19-7-5-4-6-8-19/h4-8,15,17-18,20H,9-14H2,1-3H3,(H,23,26)/t17-,18-,20-/m0/s1. The summed E-state index contributed by atoms with van der Waals surface area (Å²) in [6.45, 7) is 6.24. The van der Waals surface area contributed by atoms with Gasteiger partial charge in [-0.2, -0.15) is 0 Å². The van der Waals surface area contributed by atoms with Gasteiger partial charge in [-0.1, -0.05) is 32.0 Å². The Morgan fingerprint density at radius 2 is 1.84 bits per heavy atom. The van der Waals surface area contributed by atoms with E-state index in [2.05, 4.69) is 5.32 Å². The third kappa shape index (κ3) is 5.44. The highest BCUT2D eigenvalue weighted by atomic mass is 32.2. The van der Waals surface area contributed by atoms with Crippen molar-refractivity contribution in [2.75, 3.05) is 18.8 Å². The summed E-state index contributed by atoms with van der Waals surface area (Å²) < 4.78 is 25.2. The maximum Gasteiger partial charge on any atom is 0.245 e. The number of rotatable bonds is 7. The van der Waals surface area contributed by atoms with Crippen LogP contribution in [0.3, 0.4) is 0 Å². The highest BCUT2D eigenvalue weighted by molar-refractivity contribution is 7.91. The molecule has 0 unspecified atom stereocenters. The van der Waals surface area contributed by atoms with Gasteiger partial charge in [0.2, 0.25) is 17.7 Å². The molecule has 0 saturated carbocycles. The molecule has 0 spiro atoms. The van der Waals surface area contributed by atoms with Crippen LogP contribution in [0.5, 0.6) is 0 Å². The van der Waals surface area contributed by atoms with Crippen LogP contribution in [0.2, 0.25) is 0 Å². The Morgan fingerprint density at radius 1 is 1.16 bits per heavy atom. The number of benzene rings is 1. The number of fused-ring (bicyclic) bond motifs is 1. The second-order valence-corrected chi connectivity index (χ2v) is 11.0. The zero-order valence-electron chi connectivity index (χ0n) is 18.3. The number of amides is 3. The Morgan fingerprint density at radius 3 is 2.45 bits per heavy atom. The molecule has 3 amide bonds. The minimum Gasteiger partial charge on any atom is -0.352 e. The fourth-order valence-electron chi connectivity index (χ4n) is 4.49. The van der Waals surface area contributed by atoms with Crippen LogP contribution in [0.4, 0.5) is 0 Å². The molecule has 2 saturated heterocycles. The van der Waals surface area contributed by atoms with E-state index in [0.29, 0.717) is 25.9 Å². The van der Waals surface area contributed by atoms with Crippen molar-refractivity contribution < 1.29 is 22.8 Å². The molecule has 2 aliphatic rings. The van der Waals surface area contributed by atoms with Gasteiger partial charge in [0.05, 0.1) is 16.7 Å². The Bertz CT molecular complexity index is 932. The van der Waals surface area contributed by atoms with Gasteiger partial charge in [0.1, 0.15) is 6.04 Å². The summed E-state index contributed by atoms with van der Waals surface area (Å²) in [5.74, 6) is -0.673. The minimum absolute atomic E-state index is 0.114. The van der Waals surface area contributed by atoms with Gasteiger partial charge in [0.25, 0.3) is 0 Å². The Hall–Kier alpha value is -2.42. The largest absolute Gasteiger partial charge is 0.352 e. The van der Waals surface area contributed by atoms with Crippen molar-refractivity contribution in [3.63, 3.8) is 0 Å². The van der Waals surface area contributed by atoms with E-state index in [0.717, 1.165) is 0 Å². The summed E-state index contributed by atoms with van der Waals surface area (Å²) in [6, 6.07) is 7.19. The number of hydrogen-bond acceptors (Lipinski definition) is 5. The first kappa shape index (κ1) is 23.2. The van der Waals surface area contributed by atoms with Crippen molar-refractivity contribution in [1.29, 1.82) is 0 Å². The smallest absolute Gasteiger partial charge is 0.245 e. The van der Waals surface area contributed by atoms with Crippen LogP contribution < -0.4 is 5.32 Å². The maximum absolute atomic E-state index is 13.2. The lowest BCUT2D eigenvalue weighted by Crippen LogP contribution is -2.61. The number of piperazine rings is 1. The average Bonchev–Trinajstić information content (AvgIpc) is 3.10. The van der Waals surface area contributed by atoms with E-state index in [1.54, 1.807) is 28.0 Å². The van der Waals surface area contributed by atoms with Crippen molar-refractivity contribution in [2.45, 2.75) is 63.1 Å². The van der Waals surface area contributed by atoms with Crippen LogP contribution in [0.25, 0.3) is 0 Å². The van der Waals surface area contributed by atoms with E-state index in [9.17, 15) is 22.8 Å². The predicted octanol–water partition coefficient (Wildman–Crippen LogP) is 1.21. The Kier molecular flexibility index (Phi) is 7.03. The highest BCUT2D eigenvalue weighted by Crippen LogP contribution is 2.29. The van der Waals surface area contributed by atoms with Gasteiger partial charge < -0.3 is 15.1 Å². The fourth-order valence-corrected chi connectivity index (χ4v) is 5.74. The third-order valence-electron chi connectivity index (χ3n) is 5.88. The summed E-state index contributed by atoms with van der Waals surface area (Å²) in [5.41, 5.74) is 0. The topological polar surface area (TPSA) is 104 Å². The molecule has 2 heterocycles. The fraction of sp³-hybridized carbons (Fsp3) is 0.591. The number of nitrogens with one attached hydrogen (secondary N) is 1. The number of hydrogen-bond donors (Lipinski definition) is 1. The summed E-state index contributed by atoms with van der Waals surface area (Å²) in [7, 11) is -3.58. The first-order chi connectivity index (χ1) is 14.6. The number of sulfone groups is 1. The molecule has 0 bridgehead atoms. The average molecular weight is 450 g/mol. The van der Waals surface area contributed by atoms with Crippen LogP contribution in [-0.2, 0) is 24.2 Å². The van der Waals surface area contributed by atoms with Crippen LogP contribution in [0.1, 0.15) is 40.0 Å². The van der Waals surface area contributed by atoms with Gasteiger partial charge in [0, 0.05) is 32.5 Å². The molecule has 1 aromatic rings. The quantitative estimate of drug-likeness (QED) is 0.674. The number of nitrogens with zero attached hydrogens (tertiary/aromatic N) is 2. The highest BCUT2D eigenvalue weighted by Gasteiger charge is 2.47. The first-order valence-corrected chi connectivity index (χ1v) is 12.4. The van der Waals surface area contributed by atoms with Crippen molar-refractivity contribution in [1.82, 2.24) is 15.1 Å². The second kappa shape index (κ2) is 9.38. The van der Waals surface area contributed by atoms with E-state index >= 15 is 0 Å². The van der Waals surface area contributed by atoms with Gasteiger partial charge in [0.15, 0.2) is 9.84 Å². The lowest BCUT2D eigenvalue weighted by Gasteiger charge is -2.43. The van der Waals surface area contributed by atoms with Gasteiger partial charge in [-0.15, -0.1) is 0 Å². The van der Waals surface area contributed by atoms with Crippen molar-refractivity contribution in [2.24, 2.45) is 5.92 Å². The molecular weight excluding hydrogens is 418 g/mol. The van der Waals surface area contributed by atoms with Crippen molar-refractivity contribution >= 4 is 27.6 Å². The number of carbonyl (C=O) groups excluding carboxylic acids is 3. The molecule has 0 radical (unpaired) electrons. The van der Waals surface area contributed by atoms with E-state index in [-0.39, 0.29) is 52.8 Å². The lowest BCUT2D eigenvalue weighted by atomic mass is 9.97. The molecule has 31 heavy (non-hydrogen) atoms. The maximum atomic E-state index is 13.2. The van der Waals surface area contributed by atoms with Crippen LogP contribution in [-0.4, -0.2) is 72.9 Å². The van der Waals surface area contributed by atoms with Gasteiger partial charge in [-0.25, -0.2) is 8.42 Å². The summed E-state index contributed by atoms with van der Waals surface area (Å²) >= 11 is 0. The molecule has 170 valence electrons. The summed E-state index contributed by atoms with van der Waals surface area (Å²) in [5, 5.41) is 2.87. The van der Waals surface area contributed by atoms with E-state index in [4.69, 9.17) is 0 Å². The molecule has 9 heteroatoms. The molecule has 1 aromatic carbocycles. The summed E-state index contributed by atoms with van der Waals surface area (Å²) in [4.78, 5) is 41.3. The molecule has 0 aromatic heterocycles. The van der Waals surface area contributed by atoms with Crippen LogP contribution in [0.15, 0.2) is 35.2 Å². The lowest BCUT2D eigenvalue weighted by molar-refractivity contribution is -0.154. The summed E-state index contributed by atoms with van der Waals surface area (Å²) in [6.07, 6.45) is 0.941. The Labute approximate surface area is 183 Å². The molecule has 1 N–H and O–H groups in total. The van der Waals surface area contributed by atoms with Gasteiger partial charge in [-0.3, -0.25) is 14.4 Å².